The van der Waals surface area contributed by atoms with E-state index >= 15 is 0 Å². The summed E-state index contributed by atoms with van der Waals surface area (Å²) in [6.07, 6.45) is 3.39. The van der Waals surface area contributed by atoms with Crippen molar-refractivity contribution in [2.24, 2.45) is 0 Å². The minimum Gasteiger partial charge on any atom is -0.493 e. The third-order valence-electron chi connectivity index (χ3n) is 5.43. The van der Waals surface area contributed by atoms with E-state index in [9.17, 15) is 14.0 Å². The van der Waals surface area contributed by atoms with Gasteiger partial charge in [0.2, 0.25) is 11.8 Å². The number of hydrogen-bond acceptors (Lipinski definition) is 5. The maximum absolute atomic E-state index is 13.4. The summed E-state index contributed by atoms with van der Waals surface area (Å²) in [4.78, 5) is 31.8. The number of carbonyl (C=O) groups excluding carboxylic acids is 2. The highest BCUT2D eigenvalue weighted by Crippen LogP contribution is 2.28. The summed E-state index contributed by atoms with van der Waals surface area (Å²) in [6, 6.07) is 14.0. The van der Waals surface area contributed by atoms with Gasteiger partial charge in [-0.2, -0.15) is 0 Å². The molecular weight excluding hydrogens is 437 g/mol. The Bertz CT molecular complexity index is 1110. The molecule has 2 amide bonds. The molecule has 0 saturated carbocycles. The van der Waals surface area contributed by atoms with E-state index in [4.69, 9.17) is 9.47 Å². The van der Waals surface area contributed by atoms with Crippen molar-refractivity contribution in [2.75, 3.05) is 14.2 Å². The zero-order chi connectivity index (χ0) is 24.5. The Labute approximate surface area is 198 Å². The summed E-state index contributed by atoms with van der Waals surface area (Å²) in [7, 11) is 3.07. The number of nitrogens with one attached hydrogen (secondary N) is 1. The second-order valence-electron chi connectivity index (χ2n) is 7.77. The van der Waals surface area contributed by atoms with E-state index in [1.807, 2.05) is 6.07 Å². The van der Waals surface area contributed by atoms with Crippen molar-refractivity contribution >= 4 is 11.8 Å². The van der Waals surface area contributed by atoms with Gasteiger partial charge >= 0.3 is 0 Å². The molecule has 1 unspecified atom stereocenters. The molecule has 0 fully saturated rings. The highest BCUT2D eigenvalue weighted by Gasteiger charge is 2.26. The molecular formula is C26H28FN3O4. The molecule has 34 heavy (non-hydrogen) atoms. The highest BCUT2D eigenvalue weighted by molar-refractivity contribution is 5.88. The average molecular weight is 466 g/mol. The minimum absolute atomic E-state index is 0.0573. The van der Waals surface area contributed by atoms with Gasteiger partial charge in [0, 0.05) is 25.5 Å². The van der Waals surface area contributed by atoms with Crippen LogP contribution in [-0.2, 0) is 29.1 Å². The number of methoxy groups -OCH3 is 2. The van der Waals surface area contributed by atoms with Gasteiger partial charge in [-0.05, 0) is 53.9 Å². The molecule has 1 heterocycles. The van der Waals surface area contributed by atoms with Crippen LogP contribution in [0.25, 0.3) is 0 Å². The summed E-state index contributed by atoms with van der Waals surface area (Å²) in [5, 5.41) is 2.86. The molecule has 8 heteroatoms. The molecule has 3 rings (SSSR count). The molecule has 0 bridgehead atoms. The zero-order valence-electron chi connectivity index (χ0n) is 19.5. The molecule has 0 spiro atoms. The number of ether oxygens (including phenoxy) is 2. The normalized spacial score (nSPS) is 11.4. The average Bonchev–Trinajstić information content (AvgIpc) is 2.86. The molecule has 178 valence electrons. The van der Waals surface area contributed by atoms with Gasteiger partial charge in [-0.25, -0.2) is 4.39 Å². The Morgan fingerprint density at radius 1 is 1.00 bits per heavy atom. The van der Waals surface area contributed by atoms with E-state index in [1.165, 1.54) is 24.1 Å². The first-order chi connectivity index (χ1) is 16.4. The number of rotatable bonds is 10. The van der Waals surface area contributed by atoms with Gasteiger partial charge in [0.15, 0.2) is 11.5 Å². The third-order valence-corrected chi connectivity index (χ3v) is 5.43. The summed E-state index contributed by atoms with van der Waals surface area (Å²) < 4.78 is 24.0. The Morgan fingerprint density at radius 3 is 2.35 bits per heavy atom. The zero-order valence-corrected chi connectivity index (χ0v) is 19.5. The van der Waals surface area contributed by atoms with Crippen molar-refractivity contribution in [3.8, 4) is 11.5 Å². The first-order valence-electron chi connectivity index (χ1n) is 10.8. The topological polar surface area (TPSA) is 80.8 Å². The molecule has 0 saturated heterocycles. The predicted octanol–water partition coefficient (Wildman–Crippen LogP) is 3.51. The summed E-state index contributed by atoms with van der Waals surface area (Å²) in [5.74, 6) is 0.159. The van der Waals surface area contributed by atoms with Crippen LogP contribution in [0.3, 0.4) is 0 Å². The molecule has 1 aromatic heterocycles. The van der Waals surface area contributed by atoms with Crippen LogP contribution in [0, 0.1) is 5.82 Å². The molecule has 0 aliphatic heterocycles. The van der Waals surface area contributed by atoms with Crippen LogP contribution in [0.4, 0.5) is 4.39 Å². The number of nitrogens with zero attached hydrogens (tertiary/aromatic N) is 2. The fourth-order valence-corrected chi connectivity index (χ4v) is 3.48. The van der Waals surface area contributed by atoms with E-state index in [2.05, 4.69) is 10.3 Å². The van der Waals surface area contributed by atoms with Crippen molar-refractivity contribution in [1.82, 2.24) is 15.2 Å². The molecule has 2 aromatic carbocycles. The molecule has 7 nitrogen and oxygen atoms in total. The smallest absolute Gasteiger partial charge is 0.242 e. The first-order valence-corrected chi connectivity index (χ1v) is 10.8. The van der Waals surface area contributed by atoms with Gasteiger partial charge in [0.05, 0.1) is 20.6 Å². The lowest BCUT2D eigenvalue weighted by molar-refractivity contribution is -0.140. The van der Waals surface area contributed by atoms with E-state index in [-0.39, 0.29) is 30.6 Å². The van der Waals surface area contributed by atoms with Gasteiger partial charge in [-0.15, -0.1) is 0 Å². The summed E-state index contributed by atoms with van der Waals surface area (Å²) in [5.41, 5.74) is 2.29. The van der Waals surface area contributed by atoms with Gasteiger partial charge in [-0.1, -0.05) is 24.3 Å². The Kier molecular flexibility index (Phi) is 8.56. The lowest BCUT2D eigenvalue weighted by Crippen LogP contribution is -2.48. The number of pyridine rings is 1. The van der Waals surface area contributed by atoms with Crippen molar-refractivity contribution < 1.29 is 23.5 Å². The summed E-state index contributed by atoms with van der Waals surface area (Å²) in [6.45, 7) is 2.13. The number of carbonyl (C=O) groups is 2. The fourth-order valence-electron chi connectivity index (χ4n) is 3.48. The molecule has 0 aliphatic rings. The monoisotopic (exact) mass is 465 g/mol. The molecule has 3 aromatic rings. The fraction of sp³-hybridized carbons (Fsp3) is 0.269. The molecule has 1 N–H and O–H groups in total. The molecule has 1 atom stereocenters. The number of hydrogen-bond donors (Lipinski definition) is 1. The number of halogens is 1. The van der Waals surface area contributed by atoms with E-state index < -0.39 is 6.04 Å². The van der Waals surface area contributed by atoms with E-state index in [0.29, 0.717) is 23.6 Å². The Balaban J connectivity index is 1.78. The third kappa shape index (κ3) is 6.54. The maximum atomic E-state index is 13.4. The van der Waals surface area contributed by atoms with Crippen molar-refractivity contribution in [1.29, 1.82) is 0 Å². The van der Waals surface area contributed by atoms with E-state index in [0.717, 1.165) is 11.1 Å². The number of amides is 2. The van der Waals surface area contributed by atoms with Gasteiger partial charge in [0.25, 0.3) is 0 Å². The van der Waals surface area contributed by atoms with Crippen molar-refractivity contribution in [2.45, 2.75) is 32.5 Å². The second-order valence-corrected chi connectivity index (χ2v) is 7.77. The lowest BCUT2D eigenvalue weighted by atomic mass is 10.1. The largest absolute Gasteiger partial charge is 0.493 e. The Hall–Kier alpha value is -3.94. The van der Waals surface area contributed by atoms with E-state index in [1.54, 1.807) is 62.8 Å². The molecule has 0 aliphatic carbocycles. The second kappa shape index (κ2) is 11.8. The van der Waals surface area contributed by atoms with Crippen molar-refractivity contribution in [3.63, 3.8) is 0 Å². The standard InChI is InChI=1S/C26H28FN3O4/c1-18(26(32)29-16-21-5-4-12-28-15-21)30(17-19-6-9-22(27)10-7-19)25(31)14-20-8-11-23(33-2)24(13-20)34-3/h4-13,15,18H,14,16-17H2,1-3H3,(H,29,32). The van der Waals surface area contributed by atoms with Crippen LogP contribution >= 0.6 is 0 Å². The first kappa shape index (κ1) is 24.7. The molecule has 0 radical (unpaired) electrons. The Morgan fingerprint density at radius 2 is 1.71 bits per heavy atom. The number of benzene rings is 2. The van der Waals surface area contributed by atoms with Crippen LogP contribution in [-0.4, -0.2) is 42.0 Å². The minimum atomic E-state index is -0.755. The van der Waals surface area contributed by atoms with Crippen LogP contribution in [0.1, 0.15) is 23.6 Å². The summed E-state index contributed by atoms with van der Waals surface area (Å²) >= 11 is 0. The van der Waals surface area contributed by atoms with Crippen LogP contribution in [0.5, 0.6) is 11.5 Å². The lowest BCUT2D eigenvalue weighted by Gasteiger charge is -2.29. The van der Waals surface area contributed by atoms with Gasteiger partial charge < -0.3 is 19.7 Å². The number of aromatic nitrogens is 1. The highest BCUT2D eigenvalue weighted by atomic mass is 19.1. The van der Waals surface area contributed by atoms with Gasteiger partial charge in [-0.3, -0.25) is 14.6 Å². The van der Waals surface area contributed by atoms with Crippen LogP contribution < -0.4 is 14.8 Å². The van der Waals surface area contributed by atoms with Gasteiger partial charge in [0.1, 0.15) is 11.9 Å². The SMILES string of the molecule is COc1ccc(CC(=O)N(Cc2ccc(F)cc2)C(C)C(=O)NCc2cccnc2)cc1OC. The van der Waals surface area contributed by atoms with Crippen LogP contribution in [0.2, 0.25) is 0 Å². The van der Waals surface area contributed by atoms with Crippen molar-refractivity contribution in [3.05, 3.63) is 89.5 Å². The van der Waals surface area contributed by atoms with Crippen LogP contribution in [0.15, 0.2) is 67.0 Å². The quantitative estimate of drug-likeness (QED) is 0.496. The maximum Gasteiger partial charge on any atom is 0.242 e. The predicted molar refractivity (Wildman–Crippen MR) is 126 cm³/mol.